The molecular weight excluding hydrogens is 272 g/mol. The Morgan fingerprint density at radius 2 is 1.90 bits per heavy atom. The summed E-state index contributed by atoms with van der Waals surface area (Å²) in [7, 11) is 1.96. The summed E-state index contributed by atoms with van der Waals surface area (Å²) in [6, 6.07) is 0. The second-order valence-corrected chi connectivity index (χ2v) is 6.79. The largest absolute Gasteiger partial charge is 0.481 e. The van der Waals surface area contributed by atoms with Crippen molar-refractivity contribution in [1.82, 2.24) is 9.80 Å². The molecule has 118 valence electrons. The molecule has 2 atom stereocenters. The first-order valence-electron chi connectivity index (χ1n) is 7.81. The van der Waals surface area contributed by atoms with Crippen LogP contribution in [0.2, 0.25) is 0 Å². The number of amides is 1. The number of aliphatic carboxylic acids is 1. The topological polar surface area (TPSA) is 70.1 Å². The number of rotatable bonds is 2. The van der Waals surface area contributed by atoms with Crippen LogP contribution in [0.4, 0.5) is 0 Å². The number of nitrogens with zero attached hydrogens (tertiary/aromatic N) is 2. The van der Waals surface area contributed by atoms with E-state index in [9.17, 15) is 14.7 Å². The molecule has 6 heteroatoms. The molecule has 3 aliphatic heterocycles. The Morgan fingerprint density at radius 3 is 2.57 bits per heavy atom. The summed E-state index contributed by atoms with van der Waals surface area (Å²) in [5, 5.41) is 9.74. The van der Waals surface area contributed by atoms with Gasteiger partial charge in [0.2, 0.25) is 5.91 Å². The minimum Gasteiger partial charge on any atom is -0.481 e. The van der Waals surface area contributed by atoms with Crippen molar-refractivity contribution in [3.8, 4) is 0 Å². The number of piperidine rings is 1. The number of hydrogen-bond donors (Lipinski definition) is 1. The van der Waals surface area contributed by atoms with Crippen LogP contribution in [-0.2, 0) is 14.3 Å². The zero-order valence-electron chi connectivity index (χ0n) is 12.6. The van der Waals surface area contributed by atoms with Crippen molar-refractivity contribution in [2.75, 3.05) is 46.4 Å². The van der Waals surface area contributed by atoms with Crippen LogP contribution < -0.4 is 0 Å². The Balaban J connectivity index is 1.75. The van der Waals surface area contributed by atoms with Crippen LogP contribution in [0.3, 0.4) is 0 Å². The van der Waals surface area contributed by atoms with E-state index in [1.54, 1.807) is 0 Å². The molecule has 3 heterocycles. The Morgan fingerprint density at radius 1 is 1.19 bits per heavy atom. The van der Waals surface area contributed by atoms with Gasteiger partial charge in [0.1, 0.15) is 5.41 Å². The predicted molar refractivity (Wildman–Crippen MR) is 75.8 cm³/mol. The molecule has 3 rings (SSSR count). The number of carbonyl (C=O) groups is 2. The monoisotopic (exact) mass is 296 g/mol. The number of ether oxygens (including phenoxy) is 1. The van der Waals surface area contributed by atoms with E-state index >= 15 is 0 Å². The fourth-order valence-corrected chi connectivity index (χ4v) is 4.14. The Labute approximate surface area is 125 Å². The Kier molecular flexibility index (Phi) is 3.92. The van der Waals surface area contributed by atoms with Crippen LogP contribution in [0, 0.1) is 17.3 Å². The molecule has 3 fully saturated rings. The number of carboxylic acid groups (broad SMARTS) is 1. The van der Waals surface area contributed by atoms with Crippen molar-refractivity contribution in [3.05, 3.63) is 0 Å². The van der Waals surface area contributed by atoms with Crippen LogP contribution in [0.15, 0.2) is 0 Å². The molecule has 0 saturated carbocycles. The quantitative estimate of drug-likeness (QED) is 0.792. The van der Waals surface area contributed by atoms with E-state index in [2.05, 4.69) is 4.90 Å². The SMILES string of the molecule is CN1CC[C@H]2CN(C(=O)C3CCOCC3)C[C@@]2(C(=O)O)C1. The molecule has 0 aromatic heterocycles. The number of likely N-dealkylation sites (tertiary alicyclic amines) is 2. The first-order chi connectivity index (χ1) is 10.0. The lowest BCUT2D eigenvalue weighted by molar-refractivity contribution is -0.154. The first kappa shape index (κ1) is 14.8. The van der Waals surface area contributed by atoms with Crippen molar-refractivity contribution in [1.29, 1.82) is 0 Å². The van der Waals surface area contributed by atoms with Gasteiger partial charge in [-0.1, -0.05) is 0 Å². The van der Waals surface area contributed by atoms with E-state index in [0.717, 1.165) is 25.8 Å². The standard InChI is InChI=1S/C15H24N2O4/c1-16-5-2-12-8-17(10-15(12,9-16)14(19)20)13(18)11-3-6-21-7-4-11/h11-12H,2-10H2,1H3,(H,19,20)/t12-,15-/m0/s1. The first-order valence-corrected chi connectivity index (χ1v) is 7.81. The number of fused-ring (bicyclic) bond motifs is 1. The fourth-order valence-electron chi connectivity index (χ4n) is 4.14. The highest BCUT2D eigenvalue weighted by atomic mass is 16.5. The summed E-state index contributed by atoms with van der Waals surface area (Å²) in [4.78, 5) is 28.4. The highest BCUT2D eigenvalue weighted by molar-refractivity contribution is 5.83. The Bertz CT molecular complexity index is 435. The summed E-state index contributed by atoms with van der Waals surface area (Å²) in [6.45, 7) is 3.72. The van der Waals surface area contributed by atoms with Gasteiger partial charge in [-0.05, 0) is 38.8 Å². The van der Waals surface area contributed by atoms with Gasteiger partial charge < -0.3 is 19.6 Å². The lowest BCUT2D eigenvalue weighted by atomic mass is 9.73. The lowest BCUT2D eigenvalue weighted by Crippen LogP contribution is -2.52. The smallest absolute Gasteiger partial charge is 0.313 e. The third-order valence-corrected chi connectivity index (χ3v) is 5.41. The highest BCUT2D eigenvalue weighted by Gasteiger charge is 2.55. The van der Waals surface area contributed by atoms with Crippen molar-refractivity contribution >= 4 is 11.9 Å². The van der Waals surface area contributed by atoms with E-state index in [-0.39, 0.29) is 17.7 Å². The van der Waals surface area contributed by atoms with Crippen molar-refractivity contribution in [2.45, 2.75) is 19.3 Å². The van der Waals surface area contributed by atoms with Gasteiger partial charge in [-0.3, -0.25) is 9.59 Å². The average molecular weight is 296 g/mol. The maximum atomic E-state index is 12.7. The van der Waals surface area contributed by atoms with Crippen LogP contribution in [0.25, 0.3) is 0 Å². The zero-order chi connectivity index (χ0) is 15.0. The molecule has 0 unspecified atom stereocenters. The van der Waals surface area contributed by atoms with Gasteiger partial charge in [0, 0.05) is 38.8 Å². The Hall–Kier alpha value is -1.14. The summed E-state index contributed by atoms with van der Waals surface area (Å²) < 4.78 is 5.31. The van der Waals surface area contributed by atoms with E-state index in [1.807, 2.05) is 11.9 Å². The zero-order valence-corrected chi connectivity index (χ0v) is 12.6. The minimum absolute atomic E-state index is 0.0162. The van der Waals surface area contributed by atoms with Crippen molar-refractivity contribution in [3.63, 3.8) is 0 Å². The van der Waals surface area contributed by atoms with Gasteiger partial charge in [0.05, 0.1) is 0 Å². The van der Waals surface area contributed by atoms with Crippen LogP contribution in [0.5, 0.6) is 0 Å². The molecule has 1 amide bonds. The minimum atomic E-state index is -0.770. The van der Waals surface area contributed by atoms with Crippen LogP contribution in [-0.4, -0.2) is 73.2 Å². The maximum absolute atomic E-state index is 12.7. The second kappa shape index (κ2) is 5.57. The average Bonchev–Trinajstić information content (AvgIpc) is 2.87. The normalized spacial score (nSPS) is 34.7. The van der Waals surface area contributed by atoms with Crippen LogP contribution >= 0.6 is 0 Å². The van der Waals surface area contributed by atoms with Gasteiger partial charge >= 0.3 is 5.97 Å². The molecule has 0 spiro atoms. The van der Waals surface area contributed by atoms with E-state index in [0.29, 0.717) is 32.8 Å². The van der Waals surface area contributed by atoms with Gasteiger partial charge in [-0.15, -0.1) is 0 Å². The summed E-state index contributed by atoms with van der Waals surface area (Å²) in [6.07, 6.45) is 2.39. The number of hydrogen-bond acceptors (Lipinski definition) is 4. The summed E-state index contributed by atoms with van der Waals surface area (Å²) in [5.74, 6) is -0.505. The van der Waals surface area contributed by atoms with Gasteiger partial charge in [-0.25, -0.2) is 0 Å². The highest BCUT2D eigenvalue weighted by Crippen LogP contribution is 2.42. The maximum Gasteiger partial charge on any atom is 0.313 e. The molecular formula is C15H24N2O4. The second-order valence-electron chi connectivity index (χ2n) is 6.79. The molecule has 0 aromatic rings. The third kappa shape index (κ3) is 2.55. The van der Waals surface area contributed by atoms with Crippen molar-refractivity contribution < 1.29 is 19.4 Å². The van der Waals surface area contributed by atoms with Gasteiger partial charge in [0.15, 0.2) is 0 Å². The van der Waals surface area contributed by atoms with E-state index in [4.69, 9.17) is 4.74 Å². The molecule has 0 bridgehead atoms. The molecule has 3 saturated heterocycles. The third-order valence-electron chi connectivity index (χ3n) is 5.41. The molecule has 0 aliphatic carbocycles. The molecule has 3 aliphatic rings. The summed E-state index contributed by atoms with van der Waals surface area (Å²) in [5.41, 5.74) is -0.770. The van der Waals surface area contributed by atoms with Gasteiger partial charge in [0.25, 0.3) is 0 Å². The van der Waals surface area contributed by atoms with Crippen molar-refractivity contribution in [2.24, 2.45) is 17.3 Å². The number of carboxylic acids is 1. The lowest BCUT2D eigenvalue weighted by Gasteiger charge is -2.39. The molecule has 6 nitrogen and oxygen atoms in total. The molecule has 0 radical (unpaired) electrons. The molecule has 0 aromatic carbocycles. The van der Waals surface area contributed by atoms with E-state index < -0.39 is 11.4 Å². The molecule has 21 heavy (non-hydrogen) atoms. The van der Waals surface area contributed by atoms with Crippen LogP contribution in [0.1, 0.15) is 19.3 Å². The summed E-state index contributed by atoms with van der Waals surface area (Å²) >= 11 is 0. The van der Waals surface area contributed by atoms with E-state index in [1.165, 1.54) is 0 Å². The fraction of sp³-hybridized carbons (Fsp3) is 0.867. The molecule has 1 N–H and O–H groups in total. The predicted octanol–water partition coefficient (Wildman–Crippen LogP) is 0.278. The number of carbonyl (C=O) groups excluding carboxylic acids is 1. The van der Waals surface area contributed by atoms with Gasteiger partial charge in [-0.2, -0.15) is 0 Å².